The van der Waals surface area contributed by atoms with Crippen LogP contribution in [0.2, 0.25) is 0 Å². The van der Waals surface area contributed by atoms with Gasteiger partial charge in [-0.25, -0.2) is 15.1 Å². The minimum atomic E-state index is -4.00. The van der Waals surface area contributed by atoms with E-state index in [0.29, 0.717) is 12.8 Å². The van der Waals surface area contributed by atoms with Gasteiger partial charge >= 0.3 is 10.3 Å². The average molecular weight is 381 g/mol. The van der Waals surface area contributed by atoms with Gasteiger partial charge in [-0.1, -0.05) is 0 Å². The molecule has 0 saturated heterocycles. The highest BCUT2D eigenvalue weighted by atomic mass is 32.2. The van der Waals surface area contributed by atoms with E-state index in [0.717, 1.165) is 29.3 Å². The van der Waals surface area contributed by atoms with Crippen LogP contribution in [0.1, 0.15) is 31.7 Å². The topological polar surface area (TPSA) is 132 Å². The SMILES string of the molecule is NS(=O)(=O)OC[C@@H]1C[C@@H](n2ccc3c(NCC4CC4)ncnc32)C[C@@H]1O. The van der Waals surface area contributed by atoms with Gasteiger partial charge in [0.2, 0.25) is 0 Å². The number of aliphatic hydroxyl groups excluding tert-OH is 1. The summed E-state index contributed by atoms with van der Waals surface area (Å²) in [4.78, 5) is 8.75. The van der Waals surface area contributed by atoms with Gasteiger partial charge in [0.05, 0.1) is 18.1 Å². The second kappa shape index (κ2) is 6.76. The van der Waals surface area contributed by atoms with E-state index < -0.39 is 16.4 Å². The van der Waals surface area contributed by atoms with Gasteiger partial charge < -0.3 is 15.0 Å². The fourth-order valence-electron chi connectivity index (χ4n) is 3.63. The molecule has 3 atom stereocenters. The van der Waals surface area contributed by atoms with Gasteiger partial charge in [0.25, 0.3) is 0 Å². The normalized spacial score (nSPS) is 26.5. The van der Waals surface area contributed by atoms with Gasteiger partial charge in [0.1, 0.15) is 17.8 Å². The number of nitrogens with one attached hydrogen (secondary N) is 1. The lowest BCUT2D eigenvalue weighted by atomic mass is 10.1. The summed E-state index contributed by atoms with van der Waals surface area (Å²) in [5, 5.41) is 19.5. The molecule has 2 aliphatic rings. The van der Waals surface area contributed by atoms with Crippen LogP contribution in [0.3, 0.4) is 0 Å². The van der Waals surface area contributed by atoms with Crippen molar-refractivity contribution in [3.63, 3.8) is 0 Å². The summed E-state index contributed by atoms with van der Waals surface area (Å²) in [6, 6.07) is 1.99. The van der Waals surface area contributed by atoms with Crippen LogP contribution in [0.5, 0.6) is 0 Å². The van der Waals surface area contributed by atoms with Crippen molar-refractivity contribution < 1.29 is 17.7 Å². The largest absolute Gasteiger partial charge is 0.393 e. The minimum Gasteiger partial charge on any atom is -0.393 e. The van der Waals surface area contributed by atoms with Crippen molar-refractivity contribution in [2.24, 2.45) is 17.0 Å². The van der Waals surface area contributed by atoms with Crippen LogP contribution in [0.15, 0.2) is 18.6 Å². The third-order valence-electron chi connectivity index (χ3n) is 5.24. The lowest BCUT2D eigenvalue weighted by Gasteiger charge is -2.14. The molecular weight excluding hydrogens is 358 g/mol. The number of aliphatic hydroxyl groups is 1. The van der Waals surface area contributed by atoms with Crippen molar-refractivity contribution in [3.05, 3.63) is 18.6 Å². The maximum atomic E-state index is 11.0. The van der Waals surface area contributed by atoms with Gasteiger partial charge in [-0.15, -0.1) is 0 Å². The van der Waals surface area contributed by atoms with Crippen molar-refractivity contribution in [1.29, 1.82) is 0 Å². The van der Waals surface area contributed by atoms with Crippen LogP contribution in [0, 0.1) is 11.8 Å². The Morgan fingerprint density at radius 1 is 1.35 bits per heavy atom. The van der Waals surface area contributed by atoms with Gasteiger partial charge in [0.15, 0.2) is 0 Å². The molecule has 0 bridgehead atoms. The highest BCUT2D eigenvalue weighted by molar-refractivity contribution is 7.84. The Morgan fingerprint density at radius 2 is 2.15 bits per heavy atom. The fourth-order valence-corrected chi connectivity index (χ4v) is 4.00. The van der Waals surface area contributed by atoms with E-state index in [1.54, 1.807) is 6.33 Å². The Labute approximate surface area is 151 Å². The molecule has 26 heavy (non-hydrogen) atoms. The molecule has 4 rings (SSSR count). The van der Waals surface area contributed by atoms with Crippen molar-refractivity contribution in [3.8, 4) is 0 Å². The molecule has 2 aromatic heterocycles. The maximum Gasteiger partial charge on any atom is 0.333 e. The summed E-state index contributed by atoms with van der Waals surface area (Å²) in [5.41, 5.74) is 0.809. The van der Waals surface area contributed by atoms with Crippen LogP contribution >= 0.6 is 0 Å². The number of hydrogen-bond donors (Lipinski definition) is 3. The Kier molecular flexibility index (Phi) is 4.59. The van der Waals surface area contributed by atoms with Crippen LogP contribution < -0.4 is 10.5 Å². The van der Waals surface area contributed by atoms with E-state index in [-0.39, 0.29) is 18.6 Å². The first-order valence-electron chi connectivity index (χ1n) is 8.81. The van der Waals surface area contributed by atoms with Gasteiger partial charge in [0, 0.05) is 24.7 Å². The van der Waals surface area contributed by atoms with Gasteiger partial charge in [-0.05, 0) is 37.7 Å². The van der Waals surface area contributed by atoms with Crippen molar-refractivity contribution in [1.82, 2.24) is 14.5 Å². The molecule has 2 saturated carbocycles. The van der Waals surface area contributed by atoms with Crippen LogP contribution in [0.25, 0.3) is 11.0 Å². The van der Waals surface area contributed by atoms with Gasteiger partial charge in [-0.3, -0.25) is 4.18 Å². The quantitative estimate of drug-likeness (QED) is 0.646. The number of rotatable bonds is 7. The smallest absolute Gasteiger partial charge is 0.333 e. The molecule has 2 aromatic rings. The number of hydrogen-bond acceptors (Lipinski definition) is 7. The van der Waals surface area contributed by atoms with E-state index >= 15 is 0 Å². The van der Waals surface area contributed by atoms with E-state index in [2.05, 4.69) is 19.5 Å². The summed E-state index contributed by atoms with van der Waals surface area (Å²) in [7, 11) is -4.00. The second-order valence-corrected chi connectivity index (χ2v) is 8.46. The molecule has 142 valence electrons. The Morgan fingerprint density at radius 3 is 2.88 bits per heavy atom. The number of nitrogens with zero attached hydrogens (tertiary/aromatic N) is 3. The highest BCUT2D eigenvalue weighted by Gasteiger charge is 2.35. The summed E-state index contributed by atoms with van der Waals surface area (Å²) in [6.07, 6.45) is 6.48. The molecule has 0 aromatic carbocycles. The van der Waals surface area contributed by atoms with Crippen LogP contribution in [-0.4, -0.2) is 47.3 Å². The zero-order valence-electron chi connectivity index (χ0n) is 14.3. The summed E-state index contributed by atoms with van der Waals surface area (Å²) < 4.78 is 28.6. The first-order chi connectivity index (χ1) is 12.4. The lowest BCUT2D eigenvalue weighted by Crippen LogP contribution is -2.24. The van der Waals surface area contributed by atoms with E-state index in [1.165, 1.54) is 12.8 Å². The second-order valence-electron chi connectivity index (χ2n) is 7.24. The molecule has 0 aliphatic heterocycles. The molecule has 2 aliphatic carbocycles. The van der Waals surface area contributed by atoms with Crippen LogP contribution in [0.4, 0.5) is 5.82 Å². The lowest BCUT2D eigenvalue weighted by molar-refractivity contribution is 0.100. The number of fused-ring (bicyclic) bond motifs is 1. The number of aromatic nitrogens is 3. The molecule has 0 amide bonds. The van der Waals surface area contributed by atoms with Crippen molar-refractivity contribution in [2.45, 2.75) is 37.8 Å². The molecule has 0 unspecified atom stereocenters. The predicted molar refractivity (Wildman–Crippen MR) is 95.6 cm³/mol. The molecule has 10 heteroatoms. The van der Waals surface area contributed by atoms with Crippen molar-refractivity contribution in [2.75, 3.05) is 18.5 Å². The third kappa shape index (κ3) is 3.83. The summed E-state index contributed by atoms with van der Waals surface area (Å²) in [6.45, 7) is 0.811. The minimum absolute atomic E-state index is 0.0164. The monoisotopic (exact) mass is 381 g/mol. The zero-order chi connectivity index (χ0) is 18.3. The number of anilines is 1. The molecule has 0 spiro atoms. The number of nitrogens with two attached hydrogens (primary N) is 1. The van der Waals surface area contributed by atoms with Crippen molar-refractivity contribution >= 4 is 27.2 Å². The van der Waals surface area contributed by atoms with Crippen LogP contribution in [-0.2, 0) is 14.5 Å². The van der Waals surface area contributed by atoms with E-state index in [4.69, 9.17) is 5.14 Å². The molecule has 9 nitrogen and oxygen atoms in total. The first kappa shape index (κ1) is 17.7. The van der Waals surface area contributed by atoms with E-state index in [9.17, 15) is 13.5 Å². The standard InChI is InChI=1S/C16H23N5O4S/c17-26(23,24)25-8-11-5-12(6-14(11)22)21-4-3-13-15(18-7-10-1-2-10)19-9-20-16(13)21/h3-4,9-12,14,22H,1-2,5-8H2,(H2,17,23,24)(H,18,19,20)/t11-,12+,14-/m0/s1. The zero-order valence-corrected chi connectivity index (χ0v) is 15.1. The highest BCUT2D eigenvalue weighted by Crippen LogP contribution is 2.38. The molecule has 0 radical (unpaired) electrons. The maximum absolute atomic E-state index is 11.0. The predicted octanol–water partition coefficient (Wildman–Crippen LogP) is 0.785. The summed E-state index contributed by atoms with van der Waals surface area (Å²) in [5.74, 6) is 1.28. The average Bonchev–Trinajstić information content (AvgIpc) is 3.19. The molecular formula is C16H23N5O4S. The molecule has 2 fully saturated rings. The third-order valence-corrected chi connectivity index (χ3v) is 5.70. The Bertz CT molecular complexity index is 895. The molecule has 2 heterocycles. The Balaban J connectivity index is 1.50. The first-order valence-corrected chi connectivity index (χ1v) is 10.3. The van der Waals surface area contributed by atoms with E-state index in [1.807, 2.05) is 16.8 Å². The molecule has 4 N–H and O–H groups in total. The summed E-state index contributed by atoms with van der Waals surface area (Å²) >= 11 is 0. The van der Waals surface area contributed by atoms with Gasteiger partial charge in [-0.2, -0.15) is 8.42 Å². The fraction of sp³-hybridized carbons (Fsp3) is 0.625. The Hall–Kier alpha value is -1.75.